The molecule has 0 atom stereocenters. The van der Waals surface area contributed by atoms with Crippen LogP contribution in [0.3, 0.4) is 0 Å². The van der Waals surface area contributed by atoms with Gasteiger partial charge in [-0.05, 0) is 41.9 Å². The number of hydrogen-bond acceptors (Lipinski definition) is 3. The molecule has 0 spiro atoms. The highest BCUT2D eigenvalue weighted by Gasteiger charge is 2.18. The van der Waals surface area contributed by atoms with Gasteiger partial charge in [-0.15, -0.1) is 0 Å². The van der Waals surface area contributed by atoms with Crippen molar-refractivity contribution in [2.24, 2.45) is 0 Å². The van der Waals surface area contributed by atoms with Crippen LogP contribution in [0.2, 0.25) is 0 Å². The molecule has 1 aromatic carbocycles. The van der Waals surface area contributed by atoms with Gasteiger partial charge in [0.2, 0.25) is 0 Å². The second-order valence-electron chi connectivity index (χ2n) is 4.32. The number of aromatic nitrogens is 1. The van der Waals surface area contributed by atoms with Gasteiger partial charge < -0.3 is 9.67 Å². The fourth-order valence-corrected chi connectivity index (χ4v) is 2.68. The van der Waals surface area contributed by atoms with E-state index in [1.54, 1.807) is 30.5 Å². The number of benzene rings is 1. The second-order valence-corrected chi connectivity index (χ2v) is 5.17. The minimum absolute atomic E-state index is 0.0263. The van der Waals surface area contributed by atoms with Gasteiger partial charge in [0.15, 0.2) is 0 Å². The molecule has 0 aliphatic rings. The number of rotatable bonds is 3. The highest BCUT2D eigenvalue weighted by atomic mass is 79.9. The van der Waals surface area contributed by atoms with Crippen molar-refractivity contribution in [2.75, 3.05) is 0 Å². The van der Waals surface area contributed by atoms with E-state index in [-0.39, 0.29) is 11.3 Å². The zero-order valence-corrected chi connectivity index (χ0v) is 12.3. The van der Waals surface area contributed by atoms with E-state index in [0.29, 0.717) is 15.9 Å². The second kappa shape index (κ2) is 5.09. The molecule has 2 rings (SSSR count). The Labute approximate surface area is 122 Å². The van der Waals surface area contributed by atoms with Crippen molar-refractivity contribution >= 4 is 27.6 Å². The minimum atomic E-state index is -0.998. The largest absolute Gasteiger partial charge is 0.478 e. The molecule has 0 aliphatic carbocycles. The Hall–Kier alpha value is -2.15. The maximum atomic E-state index is 11.1. The molecule has 20 heavy (non-hydrogen) atoms. The number of halogens is 1. The molecule has 0 fully saturated rings. The third kappa shape index (κ3) is 2.32. The summed E-state index contributed by atoms with van der Waals surface area (Å²) in [6.45, 7) is 3.48. The summed E-state index contributed by atoms with van der Waals surface area (Å²) < 4.78 is 2.28. The number of carboxylic acid groups (broad SMARTS) is 1. The molecule has 0 saturated heterocycles. The molecule has 0 bridgehead atoms. The monoisotopic (exact) mass is 338 g/mol. The number of nitro groups is 1. The summed E-state index contributed by atoms with van der Waals surface area (Å²) in [6, 6.07) is 5.95. The Morgan fingerprint density at radius 3 is 2.45 bits per heavy atom. The first-order chi connectivity index (χ1) is 9.32. The number of aromatic carboxylic acids is 1. The normalized spacial score (nSPS) is 10.6. The lowest BCUT2D eigenvalue weighted by atomic mass is 10.2. The van der Waals surface area contributed by atoms with Crippen LogP contribution in [0.25, 0.3) is 5.69 Å². The Morgan fingerprint density at radius 2 is 2.00 bits per heavy atom. The van der Waals surface area contributed by atoms with Gasteiger partial charge in [-0.2, -0.15) is 0 Å². The molecule has 0 unspecified atom stereocenters. The summed E-state index contributed by atoms with van der Waals surface area (Å²) in [5.41, 5.74) is 2.17. The van der Waals surface area contributed by atoms with E-state index in [1.807, 2.05) is 0 Å². The summed E-state index contributed by atoms with van der Waals surface area (Å²) in [5.74, 6) is -0.998. The van der Waals surface area contributed by atoms with Crippen molar-refractivity contribution in [3.63, 3.8) is 0 Å². The lowest BCUT2D eigenvalue weighted by Crippen LogP contribution is -2.03. The van der Waals surface area contributed by atoms with E-state index in [0.717, 1.165) is 5.69 Å². The van der Waals surface area contributed by atoms with Crippen LogP contribution in [-0.2, 0) is 0 Å². The van der Waals surface area contributed by atoms with Crippen molar-refractivity contribution in [3.8, 4) is 5.69 Å². The summed E-state index contributed by atoms with van der Waals surface area (Å²) in [5, 5.41) is 19.9. The van der Waals surface area contributed by atoms with Crippen molar-refractivity contribution in [2.45, 2.75) is 13.8 Å². The van der Waals surface area contributed by atoms with Gasteiger partial charge in [0.25, 0.3) is 5.69 Å². The average molecular weight is 339 g/mol. The molecule has 0 radical (unpaired) electrons. The van der Waals surface area contributed by atoms with Crippen LogP contribution >= 0.6 is 15.9 Å². The molecular weight excluding hydrogens is 328 g/mol. The quantitative estimate of drug-likeness (QED) is 0.685. The molecule has 1 heterocycles. The fourth-order valence-electron chi connectivity index (χ4n) is 2.14. The van der Waals surface area contributed by atoms with Gasteiger partial charge in [0.05, 0.1) is 16.2 Å². The van der Waals surface area contributed by atoms with Crippen molar-refractivity contribution in [1.29, 1.82) is 0 Å². The molecule has 0 amide bonds. The van der Waals surface area contributed by atoms with Gasteiger partial charge in [0, 0.05) is 28.0 Å². The highest BCUT2D eigenvalue weighted by Crippen LogP contribution is 2.29. The Balaban J connectivity index is 2.63. The first-order valence-electron chi connectivity index (χ1n) is 5.69. The van der Waals surface area contributed by atoms with E-state index >= 15 is 0 Å². The fraction of sp³-hybridized carbons (Fsp3) is 0.154. The van der Waals surface area contributed by atoms with E-state index in [4.69, 9.17) is 5.11 Å². The third-order valence-electron chi connectivity index (χ3n) is 3.04. The van der Waals surface area contributed by atoms with Crippen LogP contribution < -0.4 is 0 Å². The van der Waals surface area contributed by atoms with E-state index in [1.165, 1.54) is 12.1 Å². The third-order valence-corrected chi connectivity index (χ3v) is 3.68. The molecule has 1 N–H and O–H groups in total. The van der Waals surface area contributed by atoms with Crippen LogP contribution in [-0.4, -0.2) is 20.6 Å². The maximum Gasteiger partial charge on any atom is 0.337 e. The van der Waals surface area contributed by atoms with Gasteiger partial charge in [-0.3, -0.25) is 10.1 Å². The van der Waals surface area contributed by atoms with Crippen LogP contribution in [0.1, 0.15) is 21.7 Å². The number of nitro benzene ring substituents is 1. The zero-order valence-electron chi connectivity index (χ0n) is 10.8. The van der Waals surface area contributed by atoms with Gasteiger partial charge in [-0.25, -0.2) is 4.79 Å². The maximum absolute atomic E-state index is 11.1. The van der Waals surface area contributed by atoms with Crippen molar-refractivity contribution in [3.05, 3.63) is 55.8 Å². The number of carbonyl (C=O) groups is 1. The number of nitrogens with zero attached hydrogens (tertiary/aromatic N) is 2. The average Bonchev–Trinajstić information content (AvgIpc) is 2.65. The standard InChI is InChI=1S/C13H11BrN2O4/c1-7-5-10(13(17)18)8(2)15(7)12-4-3-9(16(19)20)6-11(12)14/h3-6H,1-2H3,(H,17,18). The molecular formula is C13H11BrN2O4. The number of aryl methyl sites for hydroxylation is 1. The summed E-state index contributed by atoms with van der Waals surface area (Å²) >= 11 is 3.29. The topological polar surface area (TPSA) is 85.4 Å². The SMILES string of the molecule is Cc1cc(C(=O)O)c(C)n1-c1ccc([N+](=O)[O-])cc1Br. The lowest BCUT2D eigenvalue weighted by Gasteiger charge is -2.11. The van der Waals surface area contributed by atoms with E-state index in [2.05, 4.69) is 15.9 Å². The highest BCUT2D eigenvalue weighted by molar-refractivity contribution is 9.10. The predicted molar refractivity (Wildman–Crippen MR) is 76.6 cm³/mol. The summed E-state index contributed by atoms with van der Waals surface area (Å²) in [7, 11) is 0. The molecule has 2 aromatic rings. The van der Waals surface area contributed by atoms with Crippen LogP contribution in [0.15, 0.2) is 28.7 Å². The summed E-state index contributed by atoms with van der Waals surface area (Å²) in [6.07, 6.45) is 0. The number of non-ortho nitro benzene ring substituents is 1. The molecule has 104 valence electrons. The first-order valence-corrected chi connectivity index (χ1v) is 6.48. The number of hydrogen-bond donors (Lipinski definition) is 1. The Morgan fingerprint density at radius 1 is 1.35 bits per heavy atom. The van der Waals surface area contributed by atoms with Crippen molar-refractivity contribution in [1.82, 2.24) is 4.57 Å². The lowest BCUT2D eigenvalue weighted by molar-refractivity contribution is -0.384. The van der Waals surface area contributed by atoms with E-state index < -0.39 is 10.9 Å². The molecule has 0 saturated carbocycles. The molecule has 7 heteroatoms. The van der Waals surface area contributed by atoms with Crippen LogP contribution in [0, 0.1) is 24.0 Å². The van der Waals surface area contributed by atoms with E-state index in [9.17, 15) is 14.9 Å². The van der Waals surface area contributed by atoms with Crippen molar-refractivity contribution < 1.29 is 14.8 Å². The molecule has 0 aliphatic heterocycles. The number of carboxylic acids is 1. The minimum Gasteiger partial charge on any atom is -0.478 e. The molecule has 1 aromatic heterocycles. The summed E-state index contributed by atoms with van der Waals surface area (Å²) in [4.78, 5) is 21.4. The Kier molecular flexibility index (Phi) is 3.63. The predicted octanol–water partition coefficient (Wildman–Crippen LogP) is 3.46. The zero-order chi connectivity index (χ0) is 15.0. The smallest absolute Gasteiger partial charge is 0.337 e. The van der Waals surface area contributed by atoms with Gasteiger partial charge in [0.1, 0.15) is 0 Å². The first kappa shape index (κ1) is 14.3. The Bertz CT molecular complexity index is 721. The van der Waals surface area contributed by atoms with Gasteiger partial charge in [-0.1, -0.05) is 0 Å². The van der Waals surface area contributed by atoms with Gasteiger partial charge >= 0.3 is 5.97 Å². The van der Waals surface area contributed by atoms with Crippen LogP contribution in [0.5, 0.6) is 0 Å². The van der Waals surface area contributed by atoms with Crippen LogP contribution in [0.4, 0.5) is 5.69 Å². The molecule has 6 nitrogen and oxygen atoms in total.